The van der Waals surface area contributed by atoms with Crippen molar-refractivity contribution in [3.8, 4) is 5.75 Å². The molecule has 0 saturated carbocycles. The van der Waals surface area contributed by atoms with Crippen LogP contribution in [-0.4, -0.2) is 11.9 Å². The molecule has 0 radical (unpaired) electrons. The van der Waals surface area contributed by atoms with Crippen molar-refractivity contribution < 1.29 is 19.1 Å². The number of esters is 2. The molecular weight excluding hydrogens is 196 g/mol. The molecule has 0 fully saturated rings. The summed E-state index contributed by atoms with van der Waals surface area (Å²) >= 11 is 0. The van der Waals surface area contributed by atoms with E-state index in [1.165, 1.54) is 0 Å². The van der Waals surface area contributed by atoms with E-state index in [4.69, 9.17) is 4.74 Å². The van der Waals surface area contributed by atoms with Gasteiger partial charge in [-0.05, 0) is 18.7 Å². The predicted octanol–water partition coefficient (Wildman–Crippen LogP) is 1.67. The summed E-state index contributed by atoms with van der Waals surface area (Å²) in [6.45, 7) is 4.49. The molecule has 0 N–H and O–H groups in total. The van der Waals surface area contributed by atoms with E-state index in [0.29, 0.717) is 5.75 Å². The van der Waals surface area contributed by atoms with Crippen LogP contribution in [0.4, 0.5) is 0 Å². The number of benzene rings is 1. The van der Waals surface area contributed by atoms with Crippen molar-refractivity contribution in [1.82, 2.24) is 0 Å². The predicted molar refractivity (Wildman–Crippen MR) is 53.0 cm³/mol. The normalized spacial score (nSPS) is 9.13. The average molecular weight is 206 g/mol. The molecule has 4 nitrogen and oxygen atoms in total. The van der Waals surface area contributed by atoms with Crippen LogP contribution < -0.4 is 4.74 Å². The number of hydrogen-bond donors (Lipinski definition) is 0. The highest BCUT2D eigenvalue weighted by Crippen LogP contribution is 2.12. The highest BCUT2D eigenvalue weighted by Gasteiger charge is 2.12. The van der Waals surface area contributed by atoms with E-state index < -0.39 is 11.9 Å². The quantitative estimate of drug-likeness (QED) is 0.326. The van der Waals surface area contributed by atoms with Gasteiger partial charge in [-0.25, -0.2) is 4.79 Å². The largest absolute Gasteiger partial charge is 0.450 e. The Balaban J connectivity index is 2.56. The molecule has 4 heteroatoms. The monoisotopic (exact) mass is 206 g/mol. The number of carbonyl (C=O) groups is 2. The molecule has 0 saturated heterocycles. The molecule has 0 aliphatic heterocycles. The zero-order valence-electron chi connectivity index (χ0n) is 8.23. The molecule has 1 rings (SSSR count). The molecule has 15 heavy (non-hydrogen) atoms. The summed E-state index contributed by atoms with van der Waals surface area (Å²) in [5, 5.41) is 0. The van der Waals surface area contributed by atoms with Gasteiger partial charge in [0.2, 0.25) is 5.76 Å². The van der Waals surface area contributed by atoms with E-state index in [1.54, 1.807) is 24.3 Å². The van der Waals surface area contributed by atoms with Gasteiger partial charge in [-0.3, -0.25) is 4.79 Å². The van der Waals surface area contributed by atoms with E-state index >= 15 is 0 Å². The van der Waals surface area contributed by atoms with E-state index in [1.807, 2.05) is 6.07 Å². The molecule has 1 aromatic rings. The van der Waals surface area contributed by atoms with Gasteiger partial charge in [0.1, 0.15) is 5.75 Å². The van der Waals surface area contributed by atoms with Crippen molar-refractivity contribution >= 4 is 11.9 Å². The minimum Gasteiger partial charge on any atom is -0.450 e. The van der Waals surface area contributed by atoms with Crippen LogP contribution in [-0.2, 0) is 14.3 Å². The van der Waals surface area contributed by atoms with E-state index in [-0.39, 0.29) is 5.76 Å². The molecule has 0 heterocycles. The maximum Gasteiger partial charge on any atom is 0.381 e. The lowest BCUT2D eigenvalue weighted by atomic mass is 10.3. The standard InChI is InChI=1S/C11H10O4/c1-8(11(13)15-9(2)12)14-10-6-4-3-5-7-10/h3-7H,1H2,2H3. The molecular formula is C11H10O4. The first-order chi connectivity index (χ1) is 7.09. The molecule has 0 spiro atoms. The summed E-state index contributed by atoms with van der Waals surface area (Å²) < 4.78 is 9.34. The van der Waals surface area contributed by atoms with Gasteiger partial charge in [0.25, 0.3) is 0 Å². The van der Waals surface area contributed by atoms with E-state index in [9.17, 15) is 9.59 Å². The third kappa shape index (κ3) is 3.64. The van der Waals surface area contributed by atoms with Gasteiger partial charge >= 0.3 is 11.9 Å². The fourth-order valence-corrected chi connectivity index (χ4v) is 0.860. The number of rotatable bonds is 3. The Hall–Kier alpha value is -2.10. The van der Waals surface area contributed by atoms with Gasteiger partial charge in [-0.15, -0.1) is 0 Å². The van der Waals surface area contributed by atoms with Crippen molar-refractivity contribution in [2.45, 2.75) is 6.92 Å². The minimum absolute atomic E-state index is 0.226. The molecule has 1 aromatic carbocycles. The second kappa shape index (κ2) is 4.95. The zero-order valence-corrected chi connectivity index (χ0v) is 8.23. The van der Waals surface area contributed by atoms with Crippen LogP contribution in [0.25, 0.3) is 0 Å². The second-order valence-corrected chi connectivity index (χ2v) is 2.72. The summed E-state index contributed by atoms with van der Waals surface area (Å²) in [7, 11) is 0. The van der Waals surface area contributed by atoms with Crippen molar-refractivity contribution in [3.05, 3.63) is 42.7 Å². The lowest BCUT2D eigenvalue weighted by molar-refractivity contribution is -0.156. The molecule has 0 bridgehead atoms. The van der Waals surface area contributed by atoms with Crippen molar-refractivity contribution in [1.29, 1.82) is 0 Å². The zero-order chi connectivity index (χ0) is 11.3. The van der Waals surface area contributed by atoms with E-state index in [0.717, 1.165) is 6.92 Å². The highest BCUT2D eigenvalue weighted by molar-refractivity contribution is 5.93. The highest BCUT2D eigenvalue weighted by atomic mass is 16.6. The first-order valence-electron chi connectivity index (χ1n) is 4.24. The van der Waals surface area contributed by atoms with Gasteiger partial charge in [-0.1, -0.05) is 18.2 Å². The Bertz CT molecular complexity index is 381. The average Bonchev–Trinajstić information content (AvgIpc) is 2.18. The molecule has 0 aliphatic carbocycles. The number of carbonyl (C=O) groups excluding carboxylic acids is 2. The van der Waals surface area contributed by atoms with Crippen LogP contribution in [0, 0.1) is 0 Å². The Morgan fingerprint density at radius 3 is 2.33 bits per heavy atom. The number of para-hydroxylation sites is 1. The van der Waals surface area contributed by atoms with Gasteiger partial charge in [0, 0.05) is 6.92 Å². The number of ether oxygens (including phenoxy) is 2. The van der Waals surface area contributed by atoms with Crippen LogP contribution in [0.3, 0.4) is 0 Å². The first-order valence-corrected chi connectivity index (χ1v) is 4.24. The van der Waals surface area contributed by atoms with E-state index in [2.05, 4.69) is 11.3 Å². The Kier molecular flexibility index (Phi) is 3.62. The Morgan fingerprint density at radius 2 is 1.80 bits per heavy atom. The fourth-order valence-electron chi connectivity index (χ4n) is 0.860. The lowest BCUT2D eigenvalue weighted by Crippen LogP contribution is -2.14. The maximum atomic E-state index is 11.1. The molecule has 0 aliphatic rings. The van der Waals surface area contributed by atoms with Crippen molar-refractivity contribution in [2.24, 2.45) is 0 Å². The summed E-state index contributed by atoms with van der Waals surface area (Å²) in [5.41, 5.74) is 0. The third-order valence-corrected chi connectivity index (χ3v) is 1.45. The van der Waals surface area contributed by atoms with Crippen LogP contribution >= 0.6 is 0 Å². The van der Waals surface area contributed by atoms with Crippen LogP contribution in [0.15, 0.2) is 42.7 Å². The molecule has 0 atom stereocenters. The topological polar surface area (TPSA) is 52.6 Å². The van der Waals surface area contributed by atoms with Crippen LogP contribution in [0.1, 0.15) is 6.92 Å². The fraction of sp³-hybridized carbons (Fsp3) is 0.0909. The lowest BCUT2D eigenvalue weighted by Gasteiger charge is -2.05. The summed E-state index contributed by atoms with van der Waals surface area (Å²) in [5.74, 6) is -1.34. The van der Waals surface area contributed by atoms with Crippen LogP contribution in [0.5, 0.6) is 5.75 Å². The molecule has 0 aromatic heterocycles. The summed E-state index contributed by atoms with van der Waals surface area (Å²) in [6, 6.07) is 8.62. The molecule has 0 amide bonds. The minimum atomic E-state index is -0.883. The number of hydrogen-bond acceptors (Lipinski definition) is 4. The summed E-state index contributed by atoms with van der Waals surface area (Å²) in [4.78, 5) is 21.6. The third-order valence-electron chi connectivity index (χ3n) is 1.45. The molecule has 0 unspecified atom stereocenters. The van der Waals surface area contributed by atoms with Gasteiger partial charge in [-0.2, -0.15) is 0 Å². The maximum absolute atomic E-state index is 11.1. The Morgan fingerprint density at radius 1 is 1.20 bits per heavy atom. The first kappa shape index (κ1) is 11.0. The van der Waals surface area contributed by atoms with Crippen LogP contribution in [0.2, 0.25) is 0 Å². The Labute approximate surface area is 87.1 Å². The van der Waals surface area contributed by atoms with Crippen molar-refractivity contribution in [2.75, 3.05) is 0 Å². The second-order valence-electron chi connectivity index (χ2n) is 2.72. The SMILES string of the molecule is C=C(Oc1ccccc1)C(=O)OC(C)=O. The van der Waals surface area contributed by atoms with Crippen molar-refractivity contribution in [3.63, 3.8) is 0 Å². The smallest absolute Gasteiger partial charge is 0.381 e. The van der Waals surface area contributed by atoms with Gasteiger partial charge in [0.05, 0.1) is 0 Å². The van der Waals surface area contributed by atoms with Gasteiger partial charge < -0.3 is 9.47 Å². The molecule has 78 valence electrons. The van der Waals surface area contributed by atoms with Gasteiger partial charge in [0.15, 0.2) is 0 Å². The summed E-state index contributed by atoms with van der Waals surface area (Å²) in [6.07, 6.45) is 0.